The minimum absolute atomic E-state index is 0.135. The Morgan fingerprint density at radius 2 is 1.97 bits per heavy atom. The van der Waals surface area contributed by atoms with E-state index in [0.717, 1.165) is 41.3 Å². The maximum absolute atomic E-state index is 14.6. The Balaban J connectivity index is 1.57. The largest absolute Gasteiger partial charge is 0.358 e. The topological polar surface area (TPSA) is 48.1 Å². The van der Waals surface area contributed by atoms with Crippen LogP contribution in [-0.2, 0) is 16.9 Å². The van der Waals surface area contributed by atoms with E-state index in [1.165, 1.54) is 18.6 Å². The lowest BCUT2D eigenvalue weighted by Crippen LogP contribution is -2.52. The molecule has 29 heavy (non-hydrogen) atoms. The number of hydrogen-bond donors (Lipinski definition) is 2. The summed E-state index contributed by atoms with van der Waals surface area (Å²) in [5, 5.41) is 4.92. The van der Waals surface area contributed by atoms with Crippen LogP contribution in [-0.4, -0.2) is 28.9 Å². The van der Waals surface area contributed by atoms with Gasteiger partial charge in [0.2, 0.25) is 5.91 Å². The third-order valence-corrected chi connectivity index (χ3v) is 6.21. The maximum atomic E-state index is 14.6. The average molecular weight is 414 g/mol. The van der Waals surface area contributed by atoms with Crippen molar-refractivity contribution in [2.45, 2.75) is 38.8 Å². The fraction of sp³-hybridized carbons (Fsp3) is 0.348. The van der Waals surface area contributed by atoms with Crippen LogP contribution in [0.15, 0.2) is 42.5 Å². The number of hydrogen-bond acceptors (Lipinski definition) is 2. The summed E-state index contributed by atoms with van der Waals surface area (Å²) in [4.78, 5) is 17.7. The zero-order valence-electron chi connectivity index (χ0n) is 16.7. The molecule has 6 heteroatoms. The van der Waals surface area contributed by atoms with E-state index in [1.54, 1.807) is 12.1 Å². The number of H-pyrrole nitrogens is 1. The van der Waals surface area contributed by atoms with E-state index < -0.39 is 5.54 Å². The second kappa shape index (κ2) is 7.81. The number of piperidine rings is 1. The van der Waals surface area contributed by atoms with Crippen LogP contribution in [0.5, 0.6) is 0 Å². The van der Waals surface area contributed by atoms with Gasteiger partial charge < -0.3 is 10.3 Å². The molecule has 1 fully saturated rings. The normalized spacial score (nSPS) is 16.8. The van der Waals surface area contributed by atoms with Gasteiger partial charge in [0.05, 0.1) is 5.54 Å². The van der Waals surface area contributed by atoms with E-state index in [-0.39, 0.29) is 11.7 Å². The number of likely N-dealkylation sites (tertiary alicyclic amines) is 1. The van der Waals surface area contributed by atoms with Gasteiger partial charge in [0, 0.05) is 53.7 Å². The molecular formula is C23H25ClFN3O. The van der Waals surface area contributed by atoms with Crippen molar-refractivity contribution in [3.63, 3.8) is 0 Å². The van der Waals surface area contributed by atoms with Crippen molar-refractivity contribution in [1.29, 1.82) is 0 Å². The summed E-state index contributed by atoms with van der Waals surface area (Å²) in [6.45, 7) is 5.89. The highest BCUT2D eigenvalue weighted by atomic mass is 35.5. The number of aromatic nitrogens is 1. The first-order valence-electron chi connectivity index (χ1n) is 9.91. The van der Waals surface area contributed by atoms with E-state index in [1.807, 2.05) is 24.3 Å². The molecule has 1 aromatic heterocycles. The first-order chi connectivity index (χ1) is 13.9. The van der Waals surface area contributed by atoms with E-state index in [4.69, 9.17) is 11.6 Å². The summed E-state index contributed by atoms with van der Waals surface area (Å²) >= 11 is 6.21. The average Bonchev–Trinajstić information content (AvgIpc) is 2.98. The molecule has 2 N–H and O–H groups in total. The van der Waals surface area contributed by atoms with Gasteiger partial charge in [-0.3, -0.25) is 9.69 Å². The van der Waals surface area contributed by atoms with Crippen LogP contribution in [0.1, 0.15) is 36.6 Å². The lowest BCUT2D eigenvalue weighted by atomic mass is 9.80. The number of rotatable bonds is 4. The second-order valence-electron chi connectivity index (χ2n) is 7.94. The van der Waals surface area contributed by atoms with Gasteiger partial charge in [0.1, 0.15) is 5.82 Å². The molecule has 0 saturated carbocycles. The fourth-order valence-corrected chi connectivity index (χ4v) is 4.69. The van der Waals surface area contributed by atoms with Crippen molar-refractivity contribution < 1.29 is 9.18 Å². The lowest BCUT2D eigenvalue weighted by molar-refractivity contribution is -0.121. The number of nitrogens with one attached hydrogen (secondary N) is 2. The van der Waals surface area contributed by atoms with Crippen molar-refractivity contribution >= 4 is 28.4 Å². The summed E-state index contributed by atoms with van der Waals surface area (Å²) < 4.78 is 14.6. The molecular weight excluding hydrogens is 389 g/mol. The summed E-state index contributed by atoms with van der Waals surface area (Å²) in [6, 6.07) is 12.6. The Morgan fingerprint density at radius 3 is 2.66 bits per heavy atom. The van der Waals surface area contributed by atoms with Crippen LogP contribution in [0.3, 0.4) is 0 Å². The fourth-order valence-electron chi connectivity index (χ4n) is 4.52. The molecule has 3 aromatic rings. The molecule has 0 unspecified atom stereocenters. The van der Waals surface area contributed by atoms with Crippen molar-refractivity contribution in [3.8, 4) is 0 Å². The van der Waals surface area contributed by atoms with Gasteiger partial charge in [-0.15, -0.1) is 0 Å². The van der Waals surface area contributed by atoms with Crippen molar-refractivity contribution in [1.82, 2.24) is 15.2 Å². The smallest absolute Gasteiger partial charge is 0.217 e. The maximum Gasteiger partial charge on any atom is 0.217 e. The summed E-state index contributed by atoms with van der Waals surface area (Å²) in [5.41, 5.74) is 3.37. The molecule has 0 atom stereocenters. The number of nitrogens with zero attached hydrogens (tertiary/aromatic N) is 1. The standard InChI is InChI=1S/C23H25ClFN3O/c1-15-19(18-13-17(24)7-8-22(18)26-15)14-28-11-9-23(10-12-28,27-16(2)29)20-5-3-4-6-21(20)25/h3-8,13,26H,9-12,14H2,1-2H3,(H,27,29). The molecule has 1 aliphatic rings. The van der Waals surface area contributed by atoms with Crippen LogP contribution < -0.4 is 5.32 Å². The molecule has 0 radical (unpaired) electrons. The summed E-state index contributed by atoms with van der Waals surface area (Å²) in [6.07, 6.45) is 1.32. The molecule has 152 valence electrons. The molecule has 1 saturated heterocycles. The third kappa shape index (κ3) is 3.89. The van der Waals surface area contributed by atoms with Gasteiger partial charge in [-0.25, -0.2) is 4.39 Å². The first kappa shape index (κ1) is 19.9. The highest BCUT2D eigenvalue weighted by Gasteiger charge is 2.38. The molecule has 0 aliphatic carbocycles. The molecule has 1 aliphatic heterocycles. The van der Waals surface area contributed by atoms with Gasteiger partial charge in [-0.2, -0.15) is 0 Å². The predicted molar refractivity (Wildman–Crippen MR) is 114 cm³/mol. The minimum atomic E-state index is -0.660. The zero-order chi connectivity index (χ0) is 20.6. The highest BCUT2D eigenvalue weighted by Crippen LogP contribution is 2.36. The highest BCUT2D eigenvalue weighted by molar-refractivity contribution is 6.31. The molecule has 2 aromatic carbocycles. The second-order valence-corrected chi connectivity index (χ2v) is 8.37. The minimum Gasteiger partial charge on any atom is -0.358 e. The number of aryl methyl sites for hydroxylation is 1. The van der Waals surface area contributed by atoms with Crippen molar-refractivity contribution in [2.75, 3.05) is 13.1 Å². The Kier molecular flexibility index (Phi) is 5.36. The van der Waals surface area contributed by atoms with Crippen molar-refractivity contribution in [2.24, 2.45) is 0 Å². The number of benzene rings is 2. The quantitative estimate of drug-likeness (QED) is 0.639. The molecule has 1 amide bonds. The zero-order valence-corrected chi connectivity index (χ0v) is 17.4. The third-order valence-electron chi connectivity index (χ3n) is 5.98. The Morgan fingerprint density at radius 1 is 1.24 bits per heavy atom. The number of halogens is 2. The lowest BCUT2D eigenvalue weighted by Gasteiger charge is -2.42. The van der Waals surface area contributed by atoms with E-state index in [0.29, 0.717) is 18.4 Å². The molecule has 0 spiro atoms. The number of carbonyl (C=O) groups excluding carboxylic acids is 1. The first-order valence-corrected chi connectivity index (χ1v) is 10.3. The van der Waals surface area contributed by atoms with Crippen molar-refractivity contribution in [3.05, 3.63) is 70.1 Å². The monoisotopic (exact) mass is 413 g/mol. The number of carbonyl (C=O) groups is 1. The van der Waals surface area contributed by atoms with Crippen LogP contribution in [0.4, 0.5) is 4.39 Å². The van der Waals surface area contributed by atoms with Gasteiger partial charge >= 0.3 is 0 Å². The van der Waals surface area contributed by atoms with E-state index >= 15 is 0 Å². The van der Waals surface area contributed by atoms with Crippen LogP contribution in [0.25, 0.3) is 10.9 Å². The molecule has 4 nitrogen and oxygen atoms in total. The molecule has 4 rings (SSSR count). The predicted octanol–water partition coefficient (Wildman–Crippen LogP) is 4.90. The van der Waals surface area contributed by atoms with E-state index in [2.05, 4.69) is 22.1 Å². The Bertz CT molecular complexity index is 1050. The van der Waals surface area contributed by atoms with E-state index in [9.17, 15) is 9.18 Å². The van der Waals surface area contributed by atoms with Crippen LogP contribution >= 0.6 is 11.6 Å². The SMILES string of the molecule is CC(=O)NC1(c2ccccc2F)CCN(Cc2c(C)[nH]c3ccc(Cl)cc23)CC1. The van der Waals surface area contributed by atoms with Gasteiger partial charge in [-0.1, -0.05) is 29.8 Å². The van der Waals surface area contributed by atoms with Gasteiger partial charge in [0.15, 0.2) is 0 Å². The van der Waals surface area contributed by atoms with Gasteiger partial charge in [0.25, 0.3) is 0 Å². The number of fused-ring (bicyclic) bond motifs is 1. The summed E-state index contributed by atoms with van der Waals surface area (Å²) in [5.74, 6) is -0.402. The Hall–Kier alpha value is -2.37. The number of aromatic amines is 1. The van der Waals surface area contributed by atoms with Crippen LogP contribution in [0.2, 0.25) is 5.02 Å². The molecule has 0 bridgehead atoms. The van der Waals surface area contributed by atoms with Crippen LogP contribution in [0, 0.1) is 12.7 Å². The summed E-state index contributed by atoms with van der Waals surface area (Å²) in [7, 11) is 0. The number of amides is 1. The molecule has 2 heterocycles. The Labute approximate surface area is 175 Å². The van der Waals surface area contributed by atoms with Gasteiger partial charge in [-0.05, 0) is 49.6 Å².